The number of aromatic nitrogens is 2. The van der Waals surface area contributed by atoms with Gasteiger partial charge in [0.25, 0.3) is 5.91 Å². The molecular formula is C24H21N5O2. The summed E-state index contributed by atoms with van der Waals surface area (Å²) < 4.78 is 1.73. The molecule has 0 saturated carbocycles. The van der Waals surface area contributed by atoms with Crippen molar-refractivity contribution in [3.05, 3.63) is 102 Å². The third kappa shape index (κ3) is 4.68. The lowest BCUT2D eigenvalue weighted by Gasteiger charge is -2.03. The van der Waals surface area contributed by atoms with Gasteiger partial charge in [-0.2, -0.15) is 10.2 Å². The lowest BCUT2D eigenvalue weighted by molar-refractivity contribution is 0.0706. The van der Waals surface area contributed by atoms with Crippen LogP contribution in [-0.4, -0.2) is 27.1 Å². The van der Waals surface area contributed by atoms with Gasteiger partial charge in [-0.05, 0) is 43.3 Å². The number of hydrogen-bond acceptors (Lipinski definition) is 5. The molecular weight excluding hydrogens is 390 g/mol. The van der Waals surface area contributed by atoms with E-state index in [4.69, 9.17) is 10.3 Å². The largest absolute Gasteiger partial charge is 0.288 e. The summed E-state index contributed by atoms with van der Waals surface area (Å²) in [4.78, 5) is 11.6. The van der Waals surface area contributed by atoms with Gasteiger partial charge in [0.2, 0.25) is 0 Å². The molecule has 7 nitrogen and oxygen atoms in total. The number of amides is 1. The van der Waals surface area contributed by atoms with Crippen LogP contribution in [0.25, 0.3) is 16.9 Å². The molecule has 4 aromatic rings. The molecule has 0 aliphatic rings. The first-order valence-corrected chi connectivity index (χ1v) is 9.70. The monoisotopic (exact) mass is 411 g/mol. The molecule has 0 radical (unpaired) electrons. The van der Waals surface area contributed by atoms with Gasteiger partial charge in [0.15, 0.2) is 0 Å². The van der Waals surface area contributed by atoms with Crippen molar-refractivity contribution < 1.29 is 10.0 Å². The second-order valence-corrected chi connectivity index (χ2v) is 6.97. The molecule has 3 N–H and O–H groups in total. The average Bonchev–Trinajstić information content (AvgIpc) is 3.25. The number of carbonyl (C=O) groups excluding carboxylic acids is 1. The Balaban J connectivity index is 1.65. The van der Waals surface area contributed by atoms with Gasteiger partial charge in [-0.25, -0.2) is 10.2 Å². The minimum Gasteiger partial charge on any atom is -0.288 e. The van der Waals surface area contributed by atoms with Gasteiger partial charge in [0.05, 0.1) is 17.6 Å². The number of benzene rings is 3. The predicted molar refractivity (Wildman–Crippen MR) is 121 cm³/mol. The molecule has 3 aromatic carbocycles. The molecule has 1 heterocycles. The van der Waals surface area contributed by atoms with Crippen LogP contribution in [0.1, 0.15) is 21.5 Å². The molecule has 0 spiro atoms. The Labute approximate surface area is 179 Å². The van der Waals surface area contributed by atoms with E-state index >= 15 is 0 Å². The maximum atomic E-state index is 11.6. The molecule has 7 heteroatoms. The Kier molecular flexibility index (Phi) is 5.86. The highest BCUT2D eigenvalue weighted by molar-refractivity contribution is 5.93. The van der Waals surface area contributed by atoms with Gasteiger partial charge in [-0.3, -0.25) is 15.4 Å². The molecule has 1 amide bonds. The Morgan fingerprint density at radius 1 is 1.00 bits per heavy atom. The fourth-order valence-corrected chi connectivity index (χ4v) is 3.07. The fourth-order valence-electron chi connectivity index (χ4n) is 3.07. The van der Waals surface area contributed by atoms with Gasteiger partial charge in [0, 0.05) is 22.9 Å². The predicted octanol–water partition coefficient (Wildman–Crippen LogP) is 4.41. The third-order valence-corrected chi connectivity index (χ3v) is 4.73. The first-order valence-electron chi connectivity index (χ1n) is 9.70. The zero-order valence-electron chi connectivity index (χ0n) is 16.9. The lowest BCUT2D eigenvalue weighted by atomic mass is 10.1. The van der Waals surface area contributed by atoms with Crippen LogP contribution in [0.15, 0.2) is 90.2 Å². The van der Waals surface area contributed by atoms with Gasteiger partial charge in [0.1, 0.15) is 5.69 Å². The zero-order chi connectivity index (χ0) is 21.6. The number of hydroxylamine groups is 1. The zero-order valence-corrected chi connectivity index (χ0v) is 16.9. The summed E-state index contributed by atoms with van der Waals surface area (Å²) in [5.74, 6) is -0.563. The van der Waals surface area contributed by atoms with Crippen LogP contribution in [0.4, 0.5) is 5.69 Å². The highest BCUT2D eigenvalue weighted by Gasteiger charge is 2.12. The quantitative estimate of drug-likeness (QED) is 0.249. The van der Waals surface area contributed by atoms with Crippen molar-refractivity contribution in [1.82, 2.24) is 15.3 Å². The van der Waals surface area contributed by atoms with E-state index in [1.807, 2.05) is 67.7 Å². The molecule has 0 saturated heterocycles. The van der Waals surface area contributed by atoms with E-state index in [0.717, 1.165) is 28.2 Å². The second kappa shape index (κ2) is 9.06. The van der Waals surface area contributed by atoms with Crippen molar-refractivity contribution in [1.29, 1.82) is 0 Å². The van der Waals surface area contributed by atoms with Crippen molar-refractivity contribution in [3.8, 4) is 16.9 Å². The molecule has 0 fully saturated rings. The second-order valence-electron chi connectivity index (χ2n) is 6.97. The van der Waals surface area contributed by atoms with Crippen LogP contribution >= 0.6 is 0 Å². The molecule has 4 rings (SSSR count). The summed E-state index contributed by atoms with van der Waals surface area (Å²) in [5.41, 5.74) is 10.5. The van der Waals surface area contributed by atoms with E-state index in [1.165, 1.54) is 5.56 Å². The fraction of sp³-hybridized carbons (Fsp3) is 0.0417. The lowest BCUT2D eigenvalue weighted by Crippen LogP contribution is -2.18. The molecule has 31 heavy (non-hydrogen) atoms. The van der Waals surface area contributed by atoms with Gasteiger partial charge < -0.3 is 0 Å². The highest BCUT2D eigenvalue weighted by atomic mass is 16.5. The Hall–Kier alpha value is -4.23. The molecule has 0 aliphatic heterocycles. The van der Waals surface area contributed by atoms with E-state index in [2.05, 4.69) is 10.5 Å². The summed E-state index contributed by atoms with van der Waals surface area (Å²) in [7, 11) is 0. The maximum Gasteiger partial charge on any atom is 0.274 e. The summed E-state index contributed by atoms with van der Waals surface area (Å²) in [6, 6.07) is 24.6. The van der Waals surface area contributed by atoms with Crippen LogP contribution in [0.2, 0.25) is 0 Å². The summed E-state index contributed by atoms with van der Waals surface area (Å²) >= 11 is 0. The maximum absolute atomic E-state index is 11.6. The number of hydrazone groups is 1. The van der Waals surface area contributed by atoms with Crippen molar-refractivity contribution in [2.45, 2.75) is 6.92 Å². The van der Waals surface area contributed by atoms with E-state index < -0.39 is 5.91 Å². The van der Waals surface area contributed by atoms with Crippen LogP contribution in [0.3, 0.4) is 0 Å². The number of nitrogens with zero attached hydrogens (tertiary/aromatic N) is 3. The highest BCUT2D eigenvalue weighted by Crippen LogP contribution is 2.23. The molecule has 0 atom stereocenters. The number of nitrogens with one attached hydrogen (secondary N) is 2. The average molecular weight is 411 g/mol. The van der Waals surface area contributed by atoms with Crippen molar-refractivity contribution in [3.63, 3.8) is 0 Å². The van der Waals surface area contributed by atoms with Gasteiger partial charge >= 0.3 is 0 Å². The number of rotatable bonds is 6. The van der Waals surface area contributed by atoms with Crippen LogP contribution in [0, 0.1) is 6.92 Å². The number of hydrogen-bond donors (Lipinski definition) is 3. The standard InChI is InChI=1S/C24H21N5O2/c1-17-7-11-21(12-8-17)26-25-15-20-16-29(27-23(20)18-5-3-2-4-6-18)22-13-9-19(10-14-22)24(30)28-31/h2-16,26,31H,1H3,(H,28,30)/b25-15+. The van der Waals surface area contributed by atoms with E-state index in [0.29, 0.717) is 5.56 Å². The first kappa shape index (κ1) is 20.1. The number of carbonyl (C=O) groups is 1. The van der Waals surface area contributed by atoms with Crippen LogP contribution in [-0.2, 0) is 0 Å². The first-order chi connectivity index (χ1) is 15.1. The Morgan fingerprint density at radius 3 is 2.39 bits per heavy atom. The summed E-state index contributed by atoms with van der Waals surface area (Å²) in [5, 5.41) is 17.9. The summed E-state index contributed by atoms with van der Waals surface area (Å²) in [6.07, 6.45) is 3.61. The van der Waals surface area contributed by atoms with Crippen molar-refractivity contribution >= 4 is 17.8 Å². The van der Waals surface area contributed by atoms with Gasteiger partial charge in [-0.1, -0.05) is 48.0 Å². The molecule has 154 valence electrons. The van der Waals surface area contributed by atoms with E-state index in [9.17, 15) is 4.79 Å². The van der Waals surface area contributed by atoms with Crippen molar-refractivity contribution in [2.24, 2.45) is 5.10 Å². The summed E-state index contributed by atoms with van der Waals surface area (Å²) in [6.45, 7) is 2.04. The third-order valence-electron chi connectivity index (χ3n) is 4.73. The molecule has 0 unspecified atom stereocenters. The minimum atomic E-state index is -0.563. The number of aryl methyl sites for hydroxylation is 1. The van der Waals surface area contributed by atoms with Crippen molar-refractivity contribution in [2.75, 3.05) is 5.43 Å². The minimum absolute atomic E-state index is 0.353. The molecule has 0 bridgehead atoms. The van der Waals surface area contributed by atoms with Gasteiger partial charge in [-0.15, -0.1) is 0 Å². The Bertz CT molecular complexity index is 1200. The van der Waals surface area contributed by atoms with Crippen LogP contribution in [0.5, 0.6) is 0 Å². The normalized spacial score (nSPS) is 10.9. The smallest absolute Gasteiger partial charge is 0.274 e. The van der Waals surface area contributed by atoms with Crippen LogP contribution < -0.4 is 10.9 Å². The van der Waals surface area contributed by atoms with E-state index in [-0.39, 0.29) is 0 Å². The number of anilines is 1. The molecule has 1 aromatic heterocycles. The van der Waals surface area contributed by atoms with E-state index in [1.54, 1.807) is 40.6 Å². The molecule has 0 aliphatic carbocycles. The Morgan fingerprint density at radius 2 is 1.71 bits per heavy atom. The topological polar surface area (TPSA) is 91.5 Å². The SMILES string of the molecule is Cc1ccc(N/N=C/c2cn(-c3ccc(C(=O)NO)cc3)nc2-c2ccccc2)cc1.